The van der Waals surface area contributed by atoms with Crippen molar-refractivity contribution in [3.63, 3.8) is 0 Å². The maximum Gasteiger partial charge on any atom is 0.503 e. The van der Waals surface area contributed by atoms with Crippen LogP contribution in [0.1, 0.15) is 33.6 Å². The Bertz CT molecular complexity index is 1150. The van der Waals surface area contributed by atoms with Crippen LogP contribution in [0.25, 0.3) is 0 Å². The van der Waals surface area contributed by atoms with Crippen molar-refractivity contribution in [3.05, 3.63) is 10.6 Å². The number of likely N-dealkylation sites (N-methyl/N-ethyl adjacent to an activating group) is 1. The summed E-state index contributed by atoms with van der Waals surface area (Å²) in [5.74, 6) is -2.94. The molecule has 0 aromatic rings. The molecule has 4 aliphatic heterocycles. The van der Waals surface area contributed by atoms with Crippen LogP contribution in [0.2, 0.25) is 0 Å². The van der Waals surface area contributed by atoms with E-state index in [0.29, 0.717) is 37.4 Å². The quantitative estimate of drug-likeness (QED) is 0.0815. The number of carboxylic acids is 1. The van der Waals surface area contributed by atoms with Gasteiger partial charge in [0.05, 0.1) is 30.7 Å². The van der Waals surface area contributed by atoms with Crippen molar-refractivity contribution in [2.75, 3.05) is 39.8 Å². The average Bonchev–Trinajstić information content (AvgIpc) is 3.58. The molecule has 3 fully saturated rings. The Morgan fingerprint density at radius 2 is 1.77 bits per heavy atom. The summed E-state index contributed by atoms with van der Waals surface area (Å²) in [5, 5.41) is 53.8. The molecule has 0 aromatic carbocycles. The summed E-state index contributed by atoms with van der Waals surface area (Å²) in [6.07, 6.45) is -1.51. The van der Waals surface area contributed by atoms with E-state index in [4.69, 9.17) is 31.3 Å². The number of guanidine groups is 1. The summed E-state index contributed by atoms with van der Waals surface area (Å²) < 4.78 is 0. The number of nitrogens with one attached hydrogen (secondary N) is 3. The molecule has 17 nitrogen and oxygen atoms in total. The Balaban J connectivity index is 0.000000876. The molecule has 0 bridgehead atoms. The number of amides is 3. The number of carbonyl (C=O) groups excluding carboxylic acids is 3. The number of aliphatic carboxylic acids is 1. The number of hydrogen-bond donors (Lipinski definition) is 9. The number of aliphatic hydroxyl groups is 2. The van der Waals surface area contributed by atoms with Crippen LogP contribution in [0, 0.1) is 17.2 Å². The van der Waals surface area contributed by atoms with Gasteiger partial charge < -0.3 is 51.7 Å². The van der Waals surface area contributed by atoms with Gasteiger partial charge >= 0.3 is 12.1 Å². The monoisotopic (exact) mass is 645 g/mol. The van der Waals surface area contributed by atoms with Crippen molar-refractivity contribution in [1.82, 2.24) is 25.3 Å². The minimum Gasteiger partial charge on any atom is -0.477 e. The molecule has 7 atom stereocenters. The number of rotatable bonds is 8. The van der Waals surface area contributed by atoms with Gasteiger partial charge in [-0.15, -0.1) is 11.8 Å². The van der Waals surface area contributed by atoms with Crippen LogP contribution in [-0.4, -0.2) is 145 Å². The summed E-state index contributed by atoms with van der Waals surface area (Å²) >= 11 is 1.43. The number of carboxylic acid groups (broad SMARTS) is 3. The van der Waals surface area contributed by atoms with E-state index < -0.39 is 24.1 Å². The molecule has 0 aliphatic carbocycles. The topological polar surface area (TPSA) is 270 Å². The molecule has 4 heterocycles. The fourth-order valence-corrected chi connectivity index (χ4v) is 7.53. The van der Waals surface area contributed by atoms with E-state index in [1.54, 1.807) is 18.7 Å². The summed E-state index contributed by atoms with van der Waals surface area (Å²) in [7, 11) is 1.87. The minimum atomic E-state index is -1.83. The third-order valence-corrected chi connectivity index (χ3v) is 9.20. The van der Waals surface area contributed by atoms with Crippen LogP contribution >= 0.6 is 11.8 Å². The molecule has 4 rings (SSSR count). The molecule has 4 aliphatic rings. The van der Waals surface area contributed by atoms with Gasteiger partial charge in [-0.3, -0.25) is 24.7 Å². The van der Waals surface area contributed by atoms with E-state index in [-0.39, 0.29) is 71.8 Å². The molecule has 248 valence electrons. The van der Waals surface area contributed by atoms with Gasteiger partial charge in [-0.1, -0.05) is 6.92 Å². The molecule has 0 saturated carbocycles. The molecule has 3 saturated heterocycles. The number of aliphatic hydroxyl groups excluding tert-OH is 2. The van der Waals surface area contributed by atoms with Crippen LogP contribution in [0.4, 0.5) is 4.79 Å². The third-order valence-electron chi connectivity index (χ3n) is 7.70. The molecule has 0 radical (unpaired) electrons. The number of likely N-dealkylation sites (tertiary alicyclic amines) is 2. The Morgan fingerprint density at radius 1 is 1.18 bits per heavy atom. The Kier molecular flexibility index (Phi) is 13.2. The number of fused-ring (bicyclic) bond motifs is 1. The lowest BCUT2D eigenvalue weighted by molar-refractivity contribution is -0.163. The van der Waals surface area contributed by atoms with E-state index in [2.05, 4.69) is 10.6 Å². The van der Waals surface area contributed by atoms with Crippen LogP contribution in [0.5, 0.6) is 0 Å². The lowest BCUT2D eigenvalue weighted by Crippen LogP contribution is -2.63. The highest BCUT2D eigenvalue weighted by atomic mass is 32.2. The second kappa shape index (κ2) is 15.9. The Hall–Kier alpha value is -3.61. The van der Waals surface area contributed by atoms with Gasteiger partial charge in [-0.25, -0.2) is 9.59 Å². The number of nitrogens with two attached hydrogens (primary N) is 1. The second-order valence-corrected chi connectivity index (χ2v) is 12.2. The molecule has 3 amide bonds. The van der Waals surface area contributed by atoms with Crippen LogP contribution < -0.4 is 16.4 Å². The van der Waals surface area contributed by atoms with Crippen LogP contribution in [0.15, 0.2) is 10.6 Å². The highest BCUT2D eigenvalue weighted by Gasteiger charge is 2.60. The van der Waals surface area contributed by atoms with E-state index in [0.717, 1.165) is 0 Å². The lowest BCUT2D eigenvalue weighted by atomic mass is 9.79. The Morgan fingerprint density at radius 3 is 2.30 bits per heavy atom. The van der Waals surface area contributed by atoms with E-state index >= 15 is 0 Å². The van der Waals surface area contributed by atoms with Crippen molar-refractivity contribution in [2.24, 2.45) is 17.6 Å². The zero-order valence-electron chi connectivity index (χ0n) is 25.1. The molecule has 0 spiro atoms. The zero-order chi connectivity index (χ0) is 33.5. The fourth-order valence-electron chi connectivity index (χ4n) is 5.93. The predicted molar refractivity (Wildman–Crippen MR) is 159 cm³/mol. The maximum atomic E-state index is 13.3. The first-order valence-electron chi connectivity index (χ1n) is 14.1. The van der Waals surface area contributed by atoms with Gasteiger partial charge in [-0.2, -0.15) is 0 Å². The highest BCUT2D eigenvalue weighted by Crippen LogP contribution is 2.52. The zero-order valence-corrected chi connectivity index (χ0v) is 25.9. The van der Waals surface area contributed by atoms with Crippen molar-refractivity contribution in [1.29, 1.82) is 5.41 Å². The van der Waals surface area contributed by atoms with Gasteiger partial charge in [-0.05, 0) is 33.7 Å². The predicted octanol–water partition coefficient (Wildman–Crippen LogP) is -1.63. The first-order chi connectivity index (χ1) is 20.5. The number of thioether (sulfide) groups is 1. The first kappa shape index (κ1) is 36.6. The van der Waals surface area contributed by atoms with Crippen LogP contribution in [0.3, 0.4) is 0 Å². The highest BCUT2D eigenvalue weighted by molar-refractivity contribution is 8.03. The van der Waals surface area contributed by atoms with Gasteiger partial charge in [0.2, 0.25) is 17.7 Å². The van der Waals surface area contributed by atoms with Gasteiger partial charge in [0.25, 0.3) is 0 Å². The first-order valence-corrected chi connectivity index (χ1v) is 15.0. The SMILES string of the molecule is CCO.C[C@@H](O)[C@H]1C(=O)N2C(C(=O)O)=C(S[C@H]3C[C@@H](C(=O)N4CC[C@H](NC(=O)CNC(=N)N)C4)N(C)C3)[C@H](C)[C@H]12.O=C(O)O. The molecule has 0 unspecified atom stereocenters. The molecule has 0 aromatic heterocycles. The molecule has 44 heavy (non-hydrogen) atoms. The molecule has 18 heteroatoms. The summed E-state index contributed by atoms with van der Waals surface area (Å²) in [5.41, 5.74) is 5.20. The smallest absolute Gasteiger partial charge is 0.477 e. The van der Waals surface area contributed by atoms with Gasteiger partial charge in [0.15, 0.2) is 5.96 Å². The van der Waals surface area contributed by atoms with Gasteiger partial charge in [0, 0.05) is 48.4 Å². The number of β-lactam (4-membered cyclic amide) rings is 1. The maximum absolute atomic E-state index is 13.3. The number of hydrogen-bond acceptors (Lipinski definition) is 10. The van der Waals surface area contributed by atoms with E-state index in [9.17, 15) is 29.4 Å². The Labute approximate surface area is 258 Å². The van der Waals surface area contributed by atoms with Gasteiger partial charge in [0.1, 0.15) is 5.70 Å². The van der Waals surface area contributed by atoms with Crippen molar-refractivity contribution in [3.8, 4) is 0 Å². The second-order valence-electron chi connectivity index (χ2n) is 10.9. The number of carbonyl (C=O) groups is 5. The normalized spacial score (nSPS) is 28.1. The largest absolute Gasteiger partial charge is 0.503 e. The number of nitrogens with zero attached hydrogens (tertiary/aromatic N) is 3. The van der Waals surface area contributed by atoms with Crippen molar-refractivity contribution < 1.29 is 49.5 Å². The summed E-state index contributed by atoms with van der Waals surface area (Å²) in [6.45, 7) is 6.79. The minimum absolute atomic E-state index is 0.000723. The average molecular weight is 646 g/mol. The van der Waals surface area contributed by atoms with Crippen molar-refractivity contribution >= 4 is 47.6 Å². The summed E-state index contributed by atoms with van der Waals surface area (Å²) in [4.78, 5) is 64.2. The van der Waals surface area contributed by atoms with E-state index in [1.165, 1.54) is 16.7 Å². The van der Waals surface area contributed by atoms with E-state index in [1.807, 2.05) is 18.9 Å². The third kappa shape index (κ3) is 8.73. The molecular weight excluding hydrogens is 602 g/mol. The standard InChI is InChI=1S/C23H35N7O6S.C2H6O.CH2O3/c1-10-17-16(11(2)31)21(34)30(17)18(22(35)36)19(10)37-13-6-14(28(3)9-13)20(33)29-5-4-12(8-29)27-15(32)7-26-23(24)25;1-2-3;2-1(3)4/h10-14,16-17,31H,4-9H2,1-3H3,(H,27,32)(H,35,36)(H4,24,25,26);3H,2H2,1H3;(H2,2,3,4)/t10-,11-,12+,13+,14+,16-,17-;;/m1../s1. The molecular formula is C26H43N7O10S. The molecule has 10 N–H and O–H groups in total. The summed E-state index contributed by atoms with van der Waals surface area (Å²) in [6, 6.07) is -0.894. The fraction of sp³-hybridized carbons (Fsp3) is 0.692. The van der Waals surface area contributed by atoms with Crippen LogP contribution in [-0.2, 0) is 19.2 Å². The van der Waals surface area contributed by atoms with Crippen molar-refractivity contribution in [2.45, 2.75) is 63.1 Å². The lowest BCUT2D eigenvalue weighted by Gasteiger charge is -2.46.